The number of aryl methyl sites for hydroxylation is 1. The van der Waals surface area contributed by atoms with Crippen molar-refractivity contribution in [2.24, 2.45) is 0 Å². The molecule has 1 heterocycles. The van der Waals surface area contributed by atoms with Crippen molar-refractivity contribution in [3.8, 4) is 5.75 Å². The van der Waals surface area contributed by atoms with Gasteiger partial charge < -0.3 is 10.1 Å². The molecule has 3 rings (SSSR count). The minimum atomic E-state index is -3.54. The van der Waals surface area contributed by atoms with Crippen LogP contribution >= 0.6 is 0 Å². The average molecular weight is 417 g/mol. The van der Waals surface area contributed by atoms with Crippen LogP contribution in [-0.2, 0) is 27.8 Å². The molecule has 2 aromatic rings. The van der Waals surface area contributed by atoms with Gasteiger partial charge >= 0.3 is 0 Å². The summed E-state index contributed by atoms with van der Waals surface area (Å²) in [6, 6.07) is 14.5. The highest BCUT2D eigenvalue weighted by Gasteiger charge is 2.27. The zero-order valence-electron chi connectivity index (χ0n) is 16.8. The second-order valence-electron chi connectivity index (χ2n) is 7.20. The summed E-state index contributed by atoms with van der Waals surface area (Å²) in [6.07, 6.45) is 3.77. The number of hydrogen-bond acceptors (Lipinski definition) is 4. The predicted octanol–water partition coefficient (Wildman–Crippen LogP) is 3.12. The second kappa shape index (κ2) is 9.89. The highest BCUT2D eigenvalue weighted by Crippen LogP contribution is 2.23. The lowest BCUT2D eigenvalue weighted by atomic mass is 10.1. The molecule has 0 unspecified atom stereocenters. The molecular weight excluding hydrogens is 388 g/mol. The lowest BCUT2D eigenvalue weighted by molar-refractivity contribution is -0.121. The summed E-state index contributed by atoms with van der Waals surface area (Å²) in [5.41, 5.74) is 1.64. The van der Waals surface area contributed by atoms with E-state index in [1.54, 1.807) is 35.7 Å². The maximum absolute atomic E-state index is 13.0. The third-order valence-corrected chi connectivity index (χ3v) is 7.16. The van der Waals surface area contributed by atoms with E-state index in [2.05, 4.69) is 5.32 Å². The van der Waals surface area contributed by atoms with Crippen LogP contribution in [0.15, 0.2) is 53.4 Å². The molecule has 0 radical (unpaired) electrons. The molecule has 0 spiro atoms. The number of rotatable bonds is 8. The molecule has 2 aromatic carbocycles. The number of carbonyl (C=O) groups is 1. The van der Waals surface area contributed by atoms with Gasteiger partial charge in [0, 0.05) is 26.1 Å². The van der Waals surface area contributed by atoms with Crippen LogP contribution in [0.25, 0.3) is 0 Å². The van der Waals surface area contributed by atoms with Gasteiger partial charge in [0.2, 0.25) is 15.9 Å². The van der Waals surface area contributed by atoms with Crippen molar-refractivity contribution in [1.82, 2.24) is 9.62 Å². The molecule has 1 N–H and O–H groups in total. The van der Waals surface area contributed by atoms with Crippen molar-refractivity contribution in [2.75, 3.05) is 20.2 Å². The lowest BCUT2D eigenvalue weighted by Crippen LogP contribution is -2.36. The van der Waals surface area contributed by atoms with Gasteiger partial charge in [-0.1, -0.05) is 36.8 Å². The number of hydrogen-bond donors (Lipinski definition) is 1. The fourth-order valence-electron chi connectivity index (χ4n) is 3.51. The van der Waals surface area contributed by atoms with Gasteiger partial charge in [-0.25, -0.2) is 8.42 Å². The van der Waals surface area contributed by atoms with Crippen LogP contribution in [0.3, 0.4) is 0 Å². The lowest BCUT2D eigenvalue weighted by Gasteiger charge is -2.26. The van der Waals surface area contributed by atoms with E-state index >= 15 is 0 Å². The largest absolute Gasteiger partial charge is 0.497 e. The van der Waals surface area contributed by atoms with E-state index in [9.17, 15) is 13.2 Å². The van der Waals surface area contributed by atoms with Gasteiger partial charge in [0.1, 0.15) is 5.75 Å². The topological polar surface area (TPSA) is 75.7 Å². The summed E-state index contributed by atoms with van der Waals surface area (Å²) in [4.78, 5) is 12.6. The smallest absolute Gasteiger partial charge is 0.243 e. The summed E-state index contributed by atoms with van der Waals surface area (Å²) in [5.74, 6) is 0.651. The number of amides is 1. The first-order valence-corrected chi connectivity index (χ1v) is 11.4. The van der Waals surface area contributed by atoms with Crippen molar-refractivity contribution in [3.05, 3.63) is 59.7 Å². The number of piperidine rings is 1. The van der Waals surface area contributed by atoms with Crippen molar-refractivity contribution in [3.63, 3.8) is 0 Å². The van der Waals surface area contributed by atoms with Gasteiger partial charge in [-0.3, -0.25) is 4.79 Å². The fraction of sp³-hybridized carbons (Fsp3) is 0.409. The van der Waals surface area contributed by atoms with Gasteiger partial charge in [0.05, 0.1) is 12.0 Å². The standard InChI is InChI=1S/C22H28N2O4S/c1-28-20-10-7-8-18(16-20)12-13-22(25)23-17-19-9-3-4-11-21(19)29(26,27)24-14-5-2-6-15-24/h3-4,7-11,16H,2,5-6,12-15,17H2,1H3,(H,23,25). The number of carbonyl (C=O) groups excluding carboxylic acids is 1. The van der Waals surface area contributed by atoms with Crippen LogP contribution in [0.4, 0.5) is 0 Å². The molecule has 1 amide bonds. The van der Waals surface area contributed by atoms with Crippen molar-refractivity contribution in [2.45, 2.75) is 43.5 Å². The highest BCUT2D eigenvalue weighted by atomic mass is 32.2. The first-order chi connectivity index (χ1) is 14.0. The minimum Gasteiger partial charge on any atom is -0.497 e. The fourth-order valence-corrected chi connectivity index (χ4v) is 5.25. The SMILES string of the molecule is COc1cccc(CCC(=O)NCc2ccccc2S(=O)(=O)N2CCCCC2)c1. The number of sulfonamides is 1. The Morgan fingerprint density at radius 1 is 1.07 bits per heavy atom. The Hall–Kier alpha value is -2.38. The molecule has 1 saturated heterocycles. The van der Waals surface area contributed by atoms with E-state index in [4.69, 9.17) is 4.74 Å². The van der Waals surface area contributed by atoms with Gasteiger partial charge in [-0.15, -0.1) is 0 Å². The van der Waals surface area contributed by atoms with Crippen LogP contribution in [-0.4, -0.2) is 38.8 Å². The molecule has 29 heavy (non-hydrogen) atoms. The van der Waals surface area contributed by atoms with Gasteiger partial charge in [-0.05, 0) is 48.6 Å². The Labute approximate surface area is 172 Å². The van der Waals surface area contributed by atoms with Gasteiger partial charge in [0.15, 0.2) is 0 Å². The van der Waals surface area contributed by atoms with E-state index in [0.29, 0.717) is 31.5 Å². The van der Waals surface area contributed by atoms with Crippen LogP contribution in [0.1, 0.15) is 36.8 Å². The summed E-state index contributed by atoms with van der Waals surface area (Å²) in [7, 11) is -1.92. The molecule has 0 aromatic heterocycles. The maximum Gasteiger partial charge on any atom is 0.243 e. The second-order valence-corrected chi connectivity index (χ2v) is 9.11. The Morgan fingerprint density at radius 3 is 2.59 bits per heavy atom. The molecule has 0 bridgehead atoms. The summed E-state index contributed by atoms with van der Waals surface area (Å²) in [5, 5.41) is 2.86. The van der Waals surface area contributed by atoms with Crippen molar-refractivity contribution in [1.29, 1.82) is 0 Å². The number of ether oxygens (including phenoxy) is 1. The highest BCUT2D eigenvalue weighted by molar-refractivity contribution is 7.89. The summed E-state index contributed by atoms with van der Waals surface area (Å²) < 4.78 is 32.8. The number of nitrogens with one attached hydrogen (secondary N) is 1. The number of benzene rings is 2. The van der Waals surface area contributed by atoms with E-state index in [1.165, 1.54) is 0 Å². The quantitative estimate of drug-likeness (QED) is 0.717. The molecular formula is C22H28N2O4S. The third-order valence-electron chi connectivity index (χ3n) is 5.16. The molecule has 1 aliphatic heterocycles. The molecule has 1 aliphatic rings. The third kappa shape index (κ3) is 5.58. The van der Waals surface area contributed by atoms with Crippen molar-refractivity contribution >= 4 is 15.9 Å². The monoisotopic (exact) mass is 416 g/mol. The zero-order valence-corrected chi connectivity index (χ0v) is 17.6. The molecule has 156 valence electrons. The van der Waals surface area contributed by atoms with Gasteiger partial charge in [0.25, 0.3) is 0 Å². The van der Waals surface area contributed by atoms with Crippen LogP contribution in [0.5, 0.6) is 5.75 Å². The van der Waals surface area contributed by atoms with Crippen molar-refractivity contribution < 1.29 is 17.9 Å². The van der Waals surface area contributed by atoms with Crippen LogP contribution in [0, 0.1) is 0 Å². The first-order valence-electron chi connectivity index (χ1n) is 9.98. The number of nitrogens with zero attached hydrogens (tertiary/aromatic N) is 1. The molecule has 7 heteroatoms. The van der Waals surface area contributed by atoms with Gasteiger partial charge in [-0.2, -0.15) is 4.31 Å². The Kier molecular flexibility index (Phi) is 7.28. The predicted molar refractivity (Wildman–Crippen MR) is 112 cm³/mol. The maximum atomic E-state index is 13.0. The summed E-state index contributed by atoms with van der Waals surface area (Å²) >= 11 is 0. The van der Waals surface area contributed by atoms with Crippen LogP contribution < -0.4 is 10.1 Å². The Balaban J connectivity index is 1.61. The van der Waals surface area contributed by atoms with E-state index in [-0.39, 0.29) is 17.3 Å². The molecule has 0 atom stereocenters. The zero-order chi connectivity index (χ0) is 20.7. The first kappa shape index (κ1) is 21.3. The molecule has 0 saturated carbocycles. The van der Waals surface area contributed by atoms with E-state index < -0.39 is 10.0 Å². The molecule has 0 aliphatic carbocycles. The number of methoxy groups -OCH3 is 1. The van der Waals surface area contributed by atoms with E-state index in [0.717, 1.165) is 30.6 Å². The normalized spacial score (nSPS) is 15.1. The Bertz CT molecular complexity index is 937. The van der Waals surface area contributed by atoms with E-state index in [1.807, 2.05) is 24.3 Å². The molecule has 1 fully saturated rings. The Morgan fingerprint density at radius 2 is 1.83 bits per heavy atom. The average Bonchev–Trinajstić information content (AvgIpc) is 2.77. The minimum absolute atomic E-state index is 0.113. The van der Waals surface area contributed by atoms with Crippen LogP contribution in [0.2, 0.25) is 0 Å². The summed E-state index contributed by atoms with van der Waals surface area (Å²) in [6.45, 7) is 1.31. The molecule has 6 nitrogen and oxygen atoms in total.